The molecule has 0 aliphatic carbocycles. The fraction of sp³-hybridized carbons (Fsp3) is 0.333. The monoisotopic (exact) mass is 221 g/mol. The largest absolute Gasteiger partial charge is 0.398 e. The van der Waals surface area contributed by atoms with Crippen molar-refractivity contribution in [3.05, 3.63) is 23.8 Å². The molecule has 1 rings (SSSR count). The van der Waals surface area contributed by atoms with Gasteiger partial charge >= 0.3 is 6.18 Å². The minimum atomic E-state index is -4.20. The fourth-order valence-corrected chi connectivity index (χ4v) is 1.53. The topological polar surface area (TPSA) is 26.0 Å². The Hall–Kier alpha value is -0.840. The molecule has 0 unspecified atom stereocenters. The third-order valence-electron chi connectivity index (χ3n) is 1.74. The van der Waals surface area contributed by atoms with Crippen molar-refractivity contribution in [1.29, 1.82) is 0 Å². The van der Waals surface area contributed by atoms with E-state index in [1.807, 2.05) is 6.26 Å². The van der Waals surface area contributed by atoms with Crippen LogP contribution in [0.4, 0.5) is 18.9 Å². The lowest BCUT2D eigenvalue weighted by atomic mass is 10.1. The lowest BCUT2D eigenvalue weighted by Gasteiger charge is -2.09. The third-order valence-corrected chi connectivity index (χ3v) is 2.47. The molecule has 0 atom stereocenters. The number of hydrogen-bond acceptors (Lipinski definition) is 2. The molecular formula is C9H10F3NS. The van der Waals surface area contributed by atoms with Crippen molar-refractivity contribution in [2.24, 2.45) is 0 Å². The number of nitrogen functional groups attached to an aromatic ring is 1. The Morgan fingerprint density at radius 1 is 1.36 bits per heavy atom. The summed E-state index contributed by atoms with van der Waals surface area (Å²) in [4.78, 5) is 0.869. The van der Waals surface area contributed by atoms with Crippen LogP contribution in [0.25, 0.3) is 0 Å². The summed E-state index contributed by atoms with van der Waals surface area (Å²) < 4.78 is 36.1. The van der Waals surface area contributed by atoms with Crippen molar-refractivity contribution in [2.75, 3.05) is 12.0 Å². The van der Waals surface area contributed by atoms with Gasteiger partial charge in [0.15, 0.2) is 0 Å². The quantitative estimate of drug-likeness (QED) is 0.613. The first-order valence-electron chi connectivity index (χ1n) is 3.91. The van der Waals surface area contributed by atoms with Crippen molar-refractivity contribution < 1.29 is 13.2 Å². The van der Waals surface area contributed by atoms with Crippen LogP contribution < -0.4 is 5.73 Å². The molecule has 14 heavy (non-hydrogen) atoms. The second kappa shape index (κ2) is 4.13. The van der Waals surface area contributed by atoms with E-state index in [2.05, 4.69) is 0 Å². The van der Waals surface area contributed by atoms with Gasteiger partial charge in [0.25, 0.3) is 0 Å². The molecule has 0 aliphatic rings. The Morgan fingerprint density at radius 3 is 2.43 bits per heavy atom. The highest BCUT2D eigenvalue weighted by Gasteiger charge is 2.28. The Bertz CT molecular complexity index is 322. The van der Waals surface area contributed by atoms with Crippen LogP contribution in [-0.4, -0.2) is 12.4 Å². The van der Waals surface area contributed by atoms with Crippen molar-refractivity contribution >= 4 is 17.4 Å². The number of nitrogens with two attached hydrogens (primary N) is 1. The first-order chi connectivity index (χ1) is 6.42. The molecule has 0 heterocycles. The summed E-state index contributed by atoms with van der Waals surface area (Å²) >= 11 is 1.45. The highest BCUT2D eigenvalue weighted by Crippen LogP contribution is 2.27. The van der Waals surface area contributed by atoms with Crippen LogP contribution in [0, 0.1) is 0 Å². The molecule has 2 N–H and O–H groups in total. The van der Waals surface area contributed by atoms with Crippen LogP contribution in [0.3, 0.4) is 0 Å². The first kappa shape index (κ1) is 11.2. The second-order valence-electron chi connectivity index (χ2n) is 2.86. The maximum absolute atomic E-state index is 12.0. The van der Waals surface area contributed by atoms with Gasteiger partial charge in [-0.3, -0.25) is 0 Å². The van der Waals surface area contributed by atoms with E-state index in [0.29, 0.717) is 0 Å². The van der Waals surface area contributed by atoms with Crippen LogP contribution in [-0.2, 0) is 6.42 Å². The van der Waals surface area contributed by atoms with Crippen LogP contribution >= 0.6 is 11.8 Å². The molecule has 0 spiro atoms. The van der Waals surface area contributed by atoms with Crippen LogP contribution in [0.2, 0.25) is 0 Å². The molecule has 0 aliphatic heterocycles. The molecule has 78 valence electrons. The summed E-state index contributed by atoms with van der Waals surface area (Å²) in [6, 6.07) is 4.63. The van der Waals surface area contributed by atoms with Crippen LogP contribution in [0.5, 0.6) is 0 Å². The summed E-state index contributed by atoms with van der Waals surface area (Å²) in [7, 11) is 0. The van der Waals surface area contributed by atoms with E-state index in [4.69, 9.17) is 5.73 Å². The minimum Gasteiger partial charge on any atom is -0.398 e. The van der Waals surface area contributed by atoms with E-state index in [9.17, 15) is 13.2 Å². The van der Waals surface area contributed by atoms with Gasteiger partial charge in [-0.1, -0.05) is 6.07 Å². The Kier molecular flexibility index (Phi) is 3.31. The predicted octanol–water partition coefficient (Wildman–Crippen LogP) is 3.10. The van der Waals surface area contributed by atoms with Gasteiger partial charge < -0.3 is 5.73 Å². The number of alkyl halides is 3. The van der Waals surface area contributed by atoms with Crippen molar-refractivity contribution in [2.45, 2.75) is 17.5 Å². The molecule has 0 aromatic heterocycles. The van der Waals surface area contributed by atoms with E-state index >= 15 is 0 Å². The zero-order chi connectivity index (χ0) is 10.8. The zero-order valence-corrected chi connectivity index (χ0v) is 8.38. The van der Waals surface area contributed by atoms with Gasteiger partial charge in [0.05, 0.1) is 6.42 Å². The SMILES string of the molecule is CSc1ccc(CC(F)(F)F)c(N)c1. The van der Waals surface area contributed by atoms with E-state index < -0.39 is 12.6 Å². The molecule has 0 saturated heterocycles. The lowest BCUT2D eigenvalue weighted by Crippen LogP contribution is -2.12. The molecule has 1 aromatic rings. The highest BCUT2D eigenvalue weighted by atomic mass is 32.2. The molecule has 5 heteroatoms. The molecule has 1 aromatic carbocycles. The van der Waals surface area contributed by atoms with Gasteiger partial charge in [-0.05, 0) is 24.0 Å². The van der Waals surface area contributed by atoms with Crippen molar-refractivity contribution in [1.82, 2.24) is 0 Å². The summed E-state index contributed by atoms with van der Waals surface area (Å²) in [6.45, 7) is 0. The van der Waals surface area contributed by atoms with Crippen LogP contribution in [0.15, 0.2) is 23.1 Å². The lowest BCUT2D eigenvalue weighted by molar-refractivity contribution is -0.127. The number of benzene rings is 1. The standard InChI is InChI=1S/C9H10F3NS/c1-14-7-3-2-6(8(13)4-7)5-9(10,11)12/h2-4H,5,13H2,1H3. The summed E-state index contributed by atoms with van der Waals surface area (Å²) in [5.41, 5.74) is 5.83. The average Bonchev–Trinajstić information content (AvgIpc) is 2.06. The smallest absolute Gasteiger partial charge is 0.393 e. The van der Waals surface area contributed by atoms with Gasteiger partial charge in [-0.2, -0.15) is 13.2 Å². The summed E-state index contributed by atoms with van der Waals surface area (Å²) in [5.74, 6) is 0. The van der Waals surface area contributed by atoms with Gasteiger partial charge in [0.1, 0.15) is 0 Å². The molecule has 0 amide bonds. The third kappa shape index (κ3) is 3.14. The average molecular weight is 221 g/mol. The number of hydrogen-bond donors (Lipinski definition) is 1. The molecular weight excluding hydrogens is 211 g/mol. The van der Waals surface area contributed by atoms with Crippen LogP contribution in [0.1, 0.15) is 5.56 Å². The van der Waals surface area contributed by atoms with Crippen molar-refractivity contribution in [3.63, 3.8) is 0 Å². The fourth-order valence-electron chi connectivity index (χ4n) is 1.08. The second-order valence-corrected chi connectivity index (χ2v) is 3.74. The van der Waals surface area contributed by atoms with E-state index in [-0.39, 0.29) is 11.3 Å². The van der Waals surface area contributed by atoms with E-state index in [1.54, 1.807) is 12.1 Å². The zero-order valence-electron chi connectivity index (χ0n) is 7.56. The van der Waals surface area contributed by atoms with E-state index in [0.717, 1.165) is 4.90 Å². The molecule has 0 fully saturated rings. The molecule has 0 bridgehead atoms. The van der Waals surface area contributed by atoms with Crippen molar-refractivity contribution in [3.8, 4) is 0 Å². The number of rotatable bonds is 2. The first-order valence-corrected chi connectivity index (χ1v) is 5.14. The molecule has 0 radical (unpaired) electrons. The Labute approximate surface area is 84.5 Å². The van der Waals surface area contributed by atoms with Gasteiger partial charge in [0.2, 0.25) is 0 Å². The maximum atomic E-state index is 12.0. The maximum Gasteiger partial charge on any atom is 0.393 e. The number of thioether (sulfide) groups is 1. The number of anilines is 1. The normalized spacial score (nSPS) is 11.7. The predicted molar refractivity (Wildman–Crippen MR) is 52.4 cm³/mol. The van der Waals surface area contributed by atoms with Gasteiger partial charge in [-0.25, -0.2) is 0 Å². The Morgan fingerprint density at radius 2 is 2.00 bits per heavy atom. The van der Waals surface area contributed by atoms with Gasteiger partial charge in [0, 0.05) is 10.6 Å². The number of halogens is 3. The molecule has 0 saturated carbocycles. The Balaban J connectivity index is 2.89. The summed E-state index contributed by atoms with van der Waals surface area (Å²) in [6.07, 6.45) is -3.32. The summed E-state index contributed by atoms with van der Waals surface area (Å²) in [5, 5.41) is 0. The van der Waals surface area contributed by atoms with E-state index in [1.165, 1.54) is 17.8 Å². The highest BCUT2D eigenvalue weighted by molar-refractivity contribution is 7.98. The van der Waals surface area contributed by atoms with Gasteiger partial charge in [-0.15, -0.1) is 11.8 Å². The molecule has 1 nitrogen and oxygen atoms in total. The minimum absolute atomic E-state index is 0.135.